The van der Waals surface area contributed by atoms with Gasteiger partial charge in [-0.05, 0) is 37.2 Å². The lowest BCUT2D eigenvalue weighted by Gasteiger charge is -2.46. The molecule has 0 bridgehead atoms. The molecular weight excluding hydrogens is 244 g/mol. The Morgan fingerprint density at radius 1 is 1.37 bits per heavy atom. The molecule has 19 heavy (non-hydrogen) atoms. The van der Waals surface area contributed by atoms with Crippen LogP contribution in [0.3, 0.4) is 0 Å². The Morgan fingerprint density at radius 3 is 2.53 bits per heavy atom. The third-order valence-electron chi connectivity index (χ3n) is 3.94. The van der Waals surface area contributed by atoms with Crippen LogP contribution in [0.25, 0.3) is 0 Å². The molecule has 102 valence electrons. The predicted octanol–water partition coefficient (Wildman–Crippen LogP) is 1.52. The molecule has 0 saturated heterocycles. The standard InChI is InChI=1S/C14H18N2O3/c15-13(19)16-14(12(17)18)9-8-11(14)7-6-10-4-2-1-3-5-10/h1-5,11H,6-9H2,(H,17,18)(H3,15,16,19). The number of hydrogen-bond acceptors (Lipinski definition) is 2. The van der Waals surface area contributed by atoms with E-state index in [-0.39, 0.29) is 5.92 Å². The summed E-state index contributed by atoms with van der Waals surface area (Å²) in [5, 5.41) is 11.7. The molecule has 0 heterocycles. The second-order valence-electron chi connectivity index (χ2n) is 5.03. The van der Waals surface area contributed by atoms with Crippen molar-refractivity contribution in [3.63, 3.8) is 0 Å². The summed E-state index contributed by atoms with van der Waals surface area (Å²) in [5.41, 5.74) is 5.09. The summed E-state index contributed by atoms with van der Waals surface area (Å²) in [5.74, 6) is -1.05. The number of benzene rings is 1. The fourth-order valence-corrected chi connectivity index (χ4v) is 2.73. The van der Waals surface area contributed by atoms with E-state index in [2.05, 4.69) is 5.32 Å². The molecule has 2 atom stereocenters. The zero-order chi connectivity index (χ0) is 13.9. The molecule has 4 N–H and O–H groups in total. The van der Waals surface area contributed by atoms with Crippen LogP contribution in [0.4, 0.5) is 4.79 Å². The quantitative estimate of drug-likeness (QED) is 0.751. The van der Waals surface area contributed by atoms with Crippen LogP contribution in [0.5, 0.6) is 0 Å². The van der Waals surface area contributed by atoms with Crippen molar-refractivity contribution in [1.82, 2.24) is 5.32 Å². The first-order chi connectivity index (χ1) is 9.04. The van der Waals surface area contributed by atoms with Crippen molar-refractivity contribution in [2.45, 2.75) is 31.2 Å². The highest BCUT2D eigenvalue weighted by Gasteiger charge is 2.53. The highest BCUT2D eigenvalue weighted by atomic mass is 16.4. The third kappa shape index (κ3) is 2.70. The van der Waals surface area contributed by atoms with E-state index in [1.54, 1.807) is 0 Å². The van der Waals surface area contributed by atoms with E-state index in [1.807, 2.05) is 30.3 Å². The molecule has 2 amide bonds. The van der Waals surface area contributed by atoms with Crippen molar-refractivity contribution in [1.29, 1.82) is 0 Å². The van der Waals surface area contributed by atoms with Crippen LogP contribution >= 0.6 is 0 Å². The maximum atomic E-state index is 11.4. The molecule has 2 unspecified atom stereocenters. The Labute approximate surface area is 111 Å². The Morgan fingerprint density at radius 2 is 2.05 bits per heavy atom. The average molecular weight is 262 g/mol. The van der Waals surface area contributed by atoms with Crippen LogP contribution in [0.1, 0.15) is 24.8 Å². The molecule has 0 aliphatic heterocycles. The van der Waals surface area contributed by atoms with Gasteiger partial charge in [0.2, 0.25) is 0 Å². The number of carbonyl (C=O) groups excluding carboxylic acids is 1. The number of rotatable bonds is 5. The van der Waals surface area contributed by atoms with E-state index in [1.165, 1.54) is 5.56 Å². The summed E-state index contributed by atoms with van der Waals surface area (Å²) in [6.45, 7) is 0. The molecule has 0 radical (unpaired) electrons. The van der Waals surface area contributed by atoms with E-state index in [0.717, 1.165) is 19.3 Å². The van der Waals surface area contributed by atoms with Gasteiger partial charge in [0.1, 0.15) is 5.54 Å². The van der Waals surface area contributed by atoms with Crippen LogP contribution in [0, 0.1) is 5.92 Å². The summed E-state index contributed by atoms with van der Waals surface area (Å²) in [4.78, 5) is 22.4. The fraction of sp³-hybridized carbons (Fsp3) is 0.429. The number of urea groups is 1. The predicted molar refractivity (Wildman–Crippen MR) is 70.6 cm³/mol. The zero-order valence-electron chi connectivity index (χ0n) is 10.6. The van der Waals surface area contributed by atoms with Crippen molar-refractivity contribution in [2.24, 2.45) is 11.7 Å². The summed E-state index contributed by atoms with van der Waals surface area (Å²) in [6, 6.07) is 9.13. The maximum Gasteiger partial charge on any atom is 0.329 e. The Kier molecular flexibility index (Phi) is 3.74. The van der Waals surface area contributed by atoms with Crippen molar-refractivity contribution < 1.29 is 14.7 Å². The Hall–Kier alpha value is -2.04. The minimum atomic E-state index is -1.17. The molecule has 1 fully saturated rings. The van der Waals surface area contributed by atoms with Gasteiger partial charge in [0, 0.05) is 0 Å². The Balaban J connectivity index is 2.00. The van der Waals surface area contributed by atoms with Gasteiger partial charge in [-0.2, -0.15) is 0 Å². The molecule has 1 aliphatic rings. The monoisotopic (exact) mass is 262 g/mol. The average Bonchev–Trinajstić information content (AvgIpc) is 2.35. The summed E-state index contributed by atoms with van der Waals surface area (Å²) in [6.07, 6.45) is 2.79. The van der Waals surface area contributed by atoms with Gasteiger partial charge in [-0.1, -0.05) is 30.3 Å². The topological polar surface area (TPSA) is 92.4 Å². The van der Waals surface area contributed by atoms with Crippen molar-refractivity contribution in [2.75, 3.05) is 0 Å². The number of hydrogen-bond donors (Lipinski definition) is 3. The van der Waals surface area contributed by atoms with Gasteiger partial charge in [-0.3, -0.25) is 0 Å². The SMILES string of the molecule is NC(=O)NC1(C(=O)O)CCC1CCc1ccccc1. The van der Waals surface area contributed by atoms with Gasteiger partial charge in [-0.25, -0.2) is 9.59 Å². The smallest absolute Gasteiger partial charge is 0.329 e. The molecule has 1 aromatic rings. The number of amides is 2. The lowest BCUT2D eigenvalue weighted by molar-refractivity contribution is -0.152. The van der Waals surface area contributed by atoms with E-state index in [9.17, 15) is 14.7 Å². The van der Waals surface area contributed by atoms with Gasteiger partial charge in [0.05, 0.1) is 0 Å². The number of primary amides is 1. The molecular formula is C14H18N2O3. The van der Waals surface area contributed by atoms with Crippen LogP contribution in [-0.2, 0) is 11.2 Å². The van der Waals surface area contributed by atoms with Gasteiger partial charge >= 0.3 is 12.0 Å². The molecule has 0 aromatic heterocycles. The summed E-state index contributed by atoms with van der Waals surface area (Å²) >= 11 is 0. The normalized spacial score (nSPS) is 25.4. The lowest BCUT2D eigenvalue weighted by atomic mass is 9.64. The van der Waals surface area contributed by atoms with Gasteiger partial charge in [-0.15, -0.1) is 0 Å². The van der Waals surface area contributed by atoms with Crippen LogP contribution in [-0.4, -0.2) is 22.6 Å². The zero-order valence-corrected chi connectivity index (χ0v) is 10.6. The van der Waals surface area contributed by atoms with E-state index in [4.69, 9.17) is 5.73 Å². The van der Waals surface area contributed by atoms with Crippen molar-refractivity contribution in [3.05, 3.63) is 35.9 Å². The molecule has 1 aliphatic carbocycles. The number of nitrogens with two attached hydrogens (primary N) is 1. The van der Waals surface area contributed by atoms with Crippen molar-refractivity contribution >= 4 is 12.0 Å². The number of aliphatic carboxylic acids is 1. The second kappa shape index (κ2) is 5.30. The van der Waals surface area contributed by atoms with Crippen LogP contribution < -0.4 is 11.1 Å². The number of aryl methyl sites for hydroxylation is 1. The second-order valence-corrected chi connectivity index (χ2v) is 5.03. The number of carboxylic acid groups (broad SMARTS) is 1. The highest BCUT2D eigenvalue weighted by Crippen LogP contribution is 2.41. The molecule has 5 nitrogen and oxygen atoms in total. The molecule has 2 rings (SSSR count). The van der Waals surface area contributed by atoms with Crippen LogP contribution in [0.15, 0.2) is 30.3 Å². The minimum absolute atomic E-state index is 0.0577. The van der Waals surface area contributed by atoms with E-state index in [0.29, 0.717) is 6.42 Å². The van der Waals surface area contributed by atoms with Gasteiger partial charge in [0.15, 0.2) is 0 Å². The lowest BCUT2D eigenvalue weighted by Crippen LogP contribution is -2.66. The molecule has 1 saturated carbocycles. The molecule has 0 spiro atoms. The fourth-order valence-electron chi connectivity index (χ4n) is 2.73. The van der Waals surface area contributed by atoms with Gasteiger partial charge < -0.3 is 16.2 Å². The Bertz CT molecular complexity index is 475. The number of nitrogens with one attached hydrogen (secondary N) is 1. The minimum Gasteiger partial charge on any atom is -0.479 e. The highest BCUT2D eigenvalue weighted by molar-refractivity contribution is 5.87. The number of carboxylic acids is 1. The third-order valence-corrected chi connectivity index (χ3v) is 3.94. The number of carbonyl (C=O) groups is 2. The summed E-state index contributed by atoms with van der Waals surface area (Å²) < 4.78 is 0. The largest absolute Gasteiger partial charge is 0.479 e. The molecule has 1 aromatic carbocycles. The van der Waals surface area contributed by atoms with Crippen molar-refractivity contribution in [3.8, 4) is 0 Å². The first-order valence-electron chi connectivity index (χ1n) is 6.39. The first kappa shape index (κ1) is 13.4. The molecule has 5 heteroatoms. The summed E-state index contributed by atoms with van der Waals surface area (Å²) in [7, 11) is 0. The maximum absolute atomic E-state index is 11.4. The van der Waals surface area contributed by atoms with E-state index >= 15 is 0 Å². The van der Waals surface area contributed by atoms with Gasteiger partial charge in [0.25, 0.3) is 0 Å². The first-order valence-corrected chi connectivity index (χ1v) is 6.39. The van der Waals surface area contributed by atoms with Crippen LogP contribution in [0.2, 0.25) is 0 Å². The van der Waals surface area contributed by atoms with E-state index < -0.39 is 17.5 Å².